The number of carbonyl (C=O) groups excluding carboxylic acids is 2. The van der Waals surface area contributed by atoms with E-state index in [1.807, 2.05) is 18.2 Å². The van der Waals surface area contributed by atoms with Gasteiger partial charge in [-0.25, -0.2) is 4.79 Å². The third kappa shape index (κ3) is 4.53. The standard InChI is InChI=1S/C26H26O6P/c1-15-12-20(24(27)18-10-8-7-9-11-18)16(2)17(3)25(15)33(29)26(28)23-21(31-5)13-19(30-4)14-22(23)32-6/h7-14H,1-6H3/q+1. The Morgan fingerprint density at radius 3 is 1.88 bits per heavy atom. The molecule has 3 aromatic rings. The van der Waals surface area contributed by atoms with E-state index in [0.29, 0.717) is 38.9 Å². The molecular weight excluding hydrogens is 439 g/mol. The Morgan fingerprint density at radius 1 is 0.788 bits per heavy atom. The fourth-order valence-electron chi connectivity index (χ4n) is 3.78. The first-order chi connectivity index (χ1) is 15.7. The van der Waals surface area contributed by atoms with Gasteiger partial charge in [0, 0.05) is 34.4 Å². The number of rotatable bonds is 8. The van der Waals surface area contributed by atoms with Gasteiger partial charge in [0.05, 0.1) is 21.3 Å². The van der Waals surface area contributed by atoms with Crippen LogP contribution in [0.5, 0.6) is 17.2 Å². The van der Waals surface area contributed by atoms with E-state index in [9.17, 15) is 14.2 Å². The maximum Gasteiger partial charge on any atom is 0.459 e. The molecule has 7 heteroatoms. The van der Waals surface area contributed by atoms with Gasteiger partial charge in [-0.15, -0.1) is 0 Å². The van der Waals surface area contributed by atoms with Crippen molar-refractivity contribution in [3.05, 3.63) is 81.9 Å². The molecule has 0 fully saturated rings. The minimum absolute atomic E-state index is 0.0859. The van der Waals surface area contributed by atoms with E-state index in [-0.39, 0.29) is 22.8 Å². The van der Waals surface area contributed by atoms with Crippen LogP contribution in [-0.4, -0.2) is 32.6 Å². The zero-order valence-electron chi connectivity index (χ0n) is 19.5. The van der Waals surface area contributed by atoms with Crippen LogP contribution in [0.3, 0.4) is 0 Å². The predicted molar refractivity (Wildman–Crippen MR) is 128 cm³/mol. The van der Waals surface area contributed by atoms with E-state index < -0.39 is 13.3 Å². The lowest BCUT2D eigenvalue weighted by Crippen LogP contribution is -2.17. The SMILES string of the molecule is COc1cc(OC)c(C(=O)[P+](=O)c2c(C)cc(C(=O)c3ccccc3)c(C)c2C)c(OC)c1. The fraction of sp³-hybridized carbons (Fsp3) is 0.231. The van der Waals surface area contributed by atoms with Gasteiger partial charge < -0.3 is 14.2 Å². The molecule has 0 bridgehead atoms. The maximum absolute atomic E-state index is 13.6. The Hall–Kier alpha value is -3.50. The van der Waals surface area contributed by atoms with Gasteiger partial charge >= 0.3 is 13.3 Å². The van der Waals surface area contributed by atoms with E-state index >= 15 is 0 Å². The molecule has 1 unspecified atom stereocenters. The average molecular weight is 465 g/mol. The second-order valence-corrected chi connectivity index (χ2v) is 8.98. The summed E-state index contributed by atoms with van der Waals surface area (Å²) in [4.78, 5) is 26.5. The second-order valence-electron chi connectivity index (χ2n) is 7.54. The number of ketones is 1. The predicted octanol–water partition coefficient (Wildman–Crippen LogP) is 5.16. The van der Waals surface area contributed by atoms with E-state index in [2.05, 4.69) is 0 Å². The van der Waals surface area contributed by atoms with E-state index in [1.165, 1.54) is 21.3 Å². The third-order valence-electron chi connectivity index (χ3n) is 5.65. The van der Waals surface area contributed by atoms with Crippen molar-refractivity contribution in [3.63, 3.8) is 0 Å². The summed E-state index contributed by atoms with van der Waals surface area (Å²) in [5, 5.41) is 0.414. The van der Waals surface area contributed by atoms with Crippen molar-refractivity contribution in [1.29, 1.82) is 0 Å². The molecule has 0 saturated heterocycles. The summed E-state index contributed by atoms with van der Waals surface area (Å²) in [7, 11) is 1.81. The van der Waals surface area contributed by atoms with Crippen LogP contribution < -0.4 is 19.5 Å². The van der Waals surface area contributed by atoms with Crippen LogP contribution in [-0.2, 0) is 4.57 Å². The van der Waals surface area contributed by atoms with Crippen molar-refractivity contribution in [3.8, 4) is 17.2 Å². The summed E-state index contributed by atoms with van der Waals surface area (Å²) in [5.74, 6) is 0.748. The molecule has 0 N–H and O–H groups in total. The second kappa shape index (κ2) is 9.97. The number of methoxy groups -OCH3 is 3. The summed E-state index contributed by atoms with van der Waals surface area (Å²) < 4.78 is 29.5. The molecule has 0 amide bonds. The number of hydrogen-bond acceptors (Lipinski definition) is 6. The van der Waals surface area contributed by atoms with Crippen molar-refractivity contribution >= 4 is 24.4 Å². The largest absolute Gasteiger partial charge is 0.496 e. The van der Waals surface area contributed by atoms with E-state index in [4.69, 9.17) is 14.2 Å². The van der Waals surface area contributed by atoms with Gasteiger partial charge in [-0.05, 0) is 32.4 Å². The van der Waals surface area contributed by atoms with Crippen molar-refractivity contribution in [2.24, 2.45) is 0 Å². The fourth-order valence-corrected chi connectivity index (χ4v) is 5.27. The molecule has 0 spiro atoms. The lowest BCUT2D eigenvalue weighted by molar-refractivity contribution is 0.103. The highest BCUT2D eigenvalue weighted by Gasteiger charge is 2.41. The van der Waals surface area contributed by atoms with Gasteiger partial charge in [0.15, 0.2) is 11.3 Å². The van der Waals surface area contributed by atoms with Crippen molar-refractivity contribution in [1.82, 2.24) is 0 Å². The minimum Gasteiger partial charge on any atom is -0.496 e. The van der Waals surface area contributed by atoms with Crippen LogP contribution in [0.25, 0.3) is 0 Å². The first-order valence-electron chi connectivity index (χ1n) is 10.3. The van der Waals surface area contributed by atoms with Crippen LogP contribution >= 0.6 is 7.80 Å². The van der Waals surface area contributed by atoms with Crippen LogP contribution in [0.4, 0.5) is 0 Å². The molecule has 3 rings (SSSR count). The number of ether oxygens (including phenoxy) is 3. The Balaban J connectivity index is 2.10. The number of hydrogen-bond donors (Lipinski definition) is 0. The van der Waals surface area contributed by atoms with E-state index in [1.54, 1.807) is 51.1 Å². The Bertz CT molecular complexity index is 1220. The number of aryl methyl sites for hydroxylation is 1. The van der Waals surface area contributed by atoms with E-state index in [0.717, 1.165) is 0 Å². The highest BCUT2D eigenvalue weighted by molar-refractivity contribution is 7.71. The molecule has 1 atom stereocenters. The molecule has 0 saturated carbocycles. The van der Waals surface area contributed by atoms with Gasteiger partial charge in [0.25, 0.3) is 0 Å². The number of carbonyl (C=O) groups is 2. The van der Waals surface area contributed by atoms with Gasteiger partial charge in [0.1, 0.15) is 17.2 Å². The maximum atomic E-state index is 13.6. The Labute approximate surface area is 194 Å². The third-order valence-corrected chi connectivity index (χ3v) is 7.34. The average Bonchev–Trinajstić information content (AvgIpc) is 2.84. The summed E-state index contributed by atoms with van der Waals surface area (Å²) in [6.07, 6.45) is 0. The molecular formula is C26H26O6P+. The van der Waals surface area contributed by atoms with Crippen molar-refractivity contribution in [2.45, 2.75) is 20.8 Å². The van der Waals surface area contributed by atoms with Gasteiger partial charge in [0.2, 0.25) is 5.30 Å². The lowest BCUT2D eigenvalue weighted by atomic mass is 9.94. The summed E-state index contributed by atoms with van der Waals surface area (Å²) in [6, 6.07) is 13.8. The Kier molecular flexibility index (Phi) is 7.29. The smallest absolute Gasteiger partial charge is 0.459 e. The van der Waals surface area contributed by atoms with Gasteiger partial charge in [-0.2, -0.15) is 0 Å². The van der Waals surface area contributed by atoms with Crippen LogP contribution in [0.2, 0.25) is 0 Å². The van der Waals surface area contributed by atoms with Crippen LogP contribution in [0.1, 0.15) is 43.0 Å². The molecule has 0 aliphatic heterocycles. The topological polar surface area (TPSA) is 78.9 Å². The molecule has 6 nitrogen and oxygen atoms in total. The summed E-state index contributed by atoms with van der Waals surface area (Å²) in [6.45, 7) is 5.34. The lowest BCUT2D eigenvalue weighted by Gasteiger charge is -2.13. The monoisotopic (exact) mass is 465 g/mol. The molecule has 0 aliphatic rings. The Morgan fingerprint density at radius 2 is 1.36 bits per heavy atom. The molecule has 0 radical (unpaired) electrons. The van der Waals surface area contributed by atoms with Gasteiger partial charge in [-0.3, -0.25) is 4.79 Å². The van der Waals surface area contributed by atoms with Crippen molar-refractivity contribution in [2.75, 3.05) is 21.3 Å². The molecule has 33 heavy (non-hydrogen) atoms. The highest BCUT2D eigenvalue weighted by Crippen LogP contribution is 2.41. The highest BCUT2D eigenvalue weighted by atomic mass is 31.1. The first-order valence-corrected chi connectivity index (χ1v) is 11.5. The van der Waals surface area contributed by atoms with Gasteiger partial charge in [-0.1, -0.05) is 34.9 Å². The zero-order valence-corrected chi connectivity index (χ0v) is 20.4. The normalized spacial score (nSPS) is 11.0. The minimum atomic E-state index is -2.52. The molecule has 0 aliphatic carbocycles. The van der Waals surface area contributed by atoms with Crippen molar-refractivity contribution < 1.29 is 28.4 Å². The zero-order chi connectivity index (χ0) is 24.3. The molecule has 0 heterocycles. The molecule has 3 aromatic carbocycles. The quantitative estimate of drug-likeness (QED) is 0.338. The molecule has 170 valence electrons. The number of benzene rings is 3. The summed E-state index contributed by atoms with van der Waals surface area (Å²) in [5.41, 5.74) is 2.51. The van der Waals surface area contributed by atoms with Crippen LogP contribution in [0, 0.1) is 20.8 Å². The first kappa shape index (κ1) is 24.1. The summed E-state index contributed by atoms with van der Waals surface area (Å²) >= 11 is 0. The molecule has 0 aromatic heterocycles. The van der Waals surface area contributed by atoms with Crippen LogP contribution in [0.15, 0.2) is 48.5 Å².